The maximum Gasteiger partial charge on any atom is 0.573 e. The minimum absolute atomic E-state index is 0.115. The number of hydrogen-bond donors (Lipinski definition) is 3. The third-order valence-electron chi connectivity index (χ3n) is 3.57. The Morgan fingerprint density at radius 3 is 2.55 bits per heavy atom. The Kier molecular flexibility index (Phi) is 7.40. The van der Waals surface area contributed by atoms with Gasteiger partial charge in [-0.25, -0.2) is 0 Å². The van der Waals surface area contributed by atoms with E-state index < -0.39 is 12.3 Å². The normalized spacial score (nSPS) is 12.0. The number of aromatic nitrogens is 1. The van der Waals surface area contributed by atoms with Crippen molar-refractivity contribution >= 4 is 17.6 Å². The van der Waals surface area contributed by atoms with Crippen molar-refractivity contribution in [1.82, 2.24) is 10.3 Å². The van der Waals surface area contributed by atoms with Gasteiger partial charge in [0.25, 0.3) is 5.91 Å². The second kappa shape index (κ2) is 9.76. The number of anilines is 1. The molecule has 4 N–H and O–H groups in total. The number of guanidine groups is 1. The number of nitrogens with two attached hydrogens (primary N) is 1. The van der Waals surface area contributed by atoms with Gasteiger partial charge in [-0.3, -0.25) is 14.8 Å². The zero-order valence-corrected chi connectivity index (χ0v) is 16.0. The molecule has 0 fully saturated rings. The zero-order chi connectivity index (χ0) is 21.4. The number of amides is 1. The summed E-state index contributed by atoms with van der Waals surface area (Å²) in [5, 5.41) is 5.55. The molecule has 10 heteroatoms. The van der Waals surface area contributed by atoms with Crippen molar-refractivity contribution in [1.29, 1.82) is 0 Å². The predicted molar refractivity (Wildman–Crippen MR) is 103 cm³/mol. The van der Waals surface area contributed by atoms with E-state index in [1.807, 2.05) is 13.8 Å². The van der Waals surface area contributed by atoms with Crippen molar-refractivity contribution in [2.24, 2.45) is 16.6 Å². The minimum Gasteiger partial charge on any atom is -0.406 e. The molecule has 0 aliphatic rings. The number of hydrogen-bond acceptors (Lipinski definition) is 4. The summed E-state index contributed by atoms with van der Waals surface area (Å²) in [6.07, 6.45) is -1.83. The number of carbonyl (C=O) groups excluding carboxylic acids is 1. The molecule has 0 spiro atoms. The largest absolute Gasteiger partial charge is 0.573 e. The van der Waals surface area contributed by atoms with Crippen LogP contribution in [0.3, 0.4) is 0 Å². The second-order valence-corrected chi connectivity index (χ2v) is 6.54. The van der Waals surface area contributed by atoms with E-state index in [0.717, 1.165) is 0 Å². The number of nitrogens with zero attached hydrogens (tertiary/aromatic N) is 2. The Bertz CT molecular complexity index is 852. The van der Waals surface area contributed by atoms with Crippen molar-refractivity contribution < 1.29 is 22.7 Å². The highest BCUT2D eigenvalue weighted by atomic mass is 19.4. The maximum atomic E-state index is 12.5. The van der Waals surface area contributed by atoms with Gasteiger partial charge in [-0.15, -0.1) is 13.2 Å². The van der Waals surface area contributed by atoms with Crippen LogP contribution in [0.4, 0.5) is 18.9 Å². The van der Waals surface area contributed by atoms with E-state index in [0.29, 0.717) is 29.3 Å². The number of rotatable bonds is 7. The molecule has 0 bridgehead atoms. The second-order valence-electron chi connectivity index (χ2n) is 6.54. The molecule has 1 amide bonds. The van der Waals surface area contributed by atoms with Crippen molar-refractivity contribution in [3.05, 3.63) is 53.9 Å². The van der Waals surface area contributed by atoms with E-state index in [9.17, 15) is 18.0 Å². The van der Waals surface area contributed by atoms with Crippen molar-refractivity contribution in [2.75, 3.05) is 11.9 Å². The van der Waals surface area contributed by atoms with E-state index in [2.05, 4.69) is 25.3 Å². The zero-order valence-electron chi connectivity index (χ0n) is 16.0. The Morgan fingerprint density at radius 1 is 1.24 bits per heavy atom. The lowest BCUT2D eigenvalue weighted by Gasteiger charge is -2.12. The van der Waals surface area contributed by atoms with Gasteiger partial charge in [0.15, 0.2) is 5.96 Å². The molecule has 0 aliphatic carbocycles. The molecule has 1 heterocycles. The molecule has 0 unspecified atom stereocenters. The van der Waals surface area contributed by atoms with Crippen LogP contribution in [0.1, 0.15) is 29.8 Å². The fourth-order valence-electron chi connectivity index (χ4n) is 2.24. The van der Waals surface area contributed by atoms with Gasteiger partial charge >= 0.3 is 6.36 Å². The van der Waals surface area contributed by atoms with Crippen LogP contribution in [-0.2, 0) is 6.54 Å². The van der Waals surface area contributed by atoms with Crippen LogP contribution in [0.2, 0.25) is 0 Å². The average molecular weight is 409 g/mol. The number of alkyl halides is 3. The van der Waals surface area contributed by atoms with Crippen LogP contribution in [-0.4, -0.2) is 29.8 Å². The molecule has 1 aromatic carbocycles. The lowest BCUT2D eigenvalue weighted by Crippen LogP contribution is -2.28. The van der Waals surface area contributed by atoms with Gasteiger partial charge in [0, 0.05) is 19.3 Å². The first-order valence-corrected chi connectivity index (χ1v) is 8.78. The SMILES string of the molecule is CC(C)CN=C(N)Nc1cnccc1C(=O)NCc1ccc(OC(F)(F)F)cc1. The Balaban J connectivity index is 2.00. The molecule has 29 heavy (non-hydrogen) atoms. The number of pyridine rings is 1. The number of halogens is 3. The number of ether oxygens (including phenoxy) is 1. The molecule has 0 saturated carbocycles. The quantitative estimate of drug-likeness (QED) is 0.481. The maximum absolute atomic E-state index is 12.5. The van der Waals surface area contributed by atoms with E-state index in [4.69, 9.17) is 5.73 Å². The van der Waals surface area contributed by atoms with Crippen LogP contribution < -0.4 is 21.1 Å². The summed E-state index contributed by atoms with van der Waals surface area (Å²) in [6.45, 7) is 4.65. The molecule has 0 radical (unpaired) electrons. The Labute approximate surface area is 166 Å². The number of carbonyl (C=O) groups is 1. The first-order chi connectivity index (χ1) is 13.6. The molecule has 2 aromatic rings. The van der Waals surface area contributed by atoms with Crippen LogP contribution in [0.15, 0.2) is 47.7 Å². The summed E-state index contributed by atoms with van der Waals surface area (Å²) >= 11 is 0. The van der Waals surface area contributed by atoms with Crippen LogP contribution in [0.5, 0.6) is 5.75 Å². The van der Waals surface area contributed by atoms with Gasteiger partial charge in [0.05, 0.1) is 17.4 Å². The van der Waals surface area contributed by atoms with Gasteiger partial charge < -0.3 is 21.1 Å². The van der Waals surface area contributed by atoms with E-state index >= 15 is 0 Å². The standard InChI is InChI=1S/C19H22F3N5O2/c1-12(2)9-26-18(23)27-16-11-24-8-7-15(16)17(28)25-10-13-3-5-14(6-4-13)29-19(20,21)22/h3-8,11-12H,9-10H2,1-2H3,(H,25,28)(H3,23,26,27). The summed E-state index contributed by atoms with van der Waals surface area (Å²) in [4.78, 5) is 20.7. The lowest BCUT2D eigenvalue weighted by molar-refractivity contribution is -0.274. The third kappa shape index (κ3) is 7.68. The van der Waals surface area contributed by atoms with Gasteiger partial charge in [0.2, 0.25) is 0 Å². The highest BCUT2D eigenvalue weighted by Gasteiger charge is 2.30. The highest BCUT2D eigenvalue weighted by Crippen LogP contribution is 2.22. The first-order valence-electron chi connectivity index (χ1n) is 8.78. The van der Waals surface area contributed by atoms with Crippen molar-refractivity contribution in [2.45, 2.75) is 26.8 Å². The van der Waals surface area contributed by atoms with Crippen molar-refractivity contribution in [3.63, 3.8) is 0 Å². The van der Waals surface area contributed by atoms with E-state index in [1.165, 1.54) is 42.7 Å². The fourth-order valence-corrected chi connectivity index (χ4v) is 2.24. The molecular formula is C19H22F3N5O2. The molecule has 156 valence electrons. The Morgan fingerprint density at radius 2 is 1.93 bits per heavy atom. The molecule has 0 saturated heterocycles. The van der Waals surface area contributed by atoms with Crippen molar-refractivity contribution in [3.8, 4) is 5.75 Å². The van der Waals surface area contributed by atoms with Gasteiger partial charge in [0.1, 0.15) is 5.75 Å². The average Bonchev–Trinajstić information content (AvgIpc) is 2.65. The summed E-state index contributed by atoms with van der Waals surface area (Å²) in [5.74, 6) is -0.229. The molecule has 7 nitrogen and oxygen atoms in total. The molecule has 2 rings (SSSR count). The summed E-state index contributed by atoms with van der Waals surface area (Å²) in [6, 6.07) is 6.75. The Hall–Kier alpha value is -3.30. The van der Waals surface area contributed by atoms with Crippen LogP contribution in [0.25, 0.3) is 0 Å². The highest BCUT2D eigenvalue weighted by molar-refractivity contribution is 6.03. The third-order valence-corrected chi connectivity index (χ3v) is 3.57. The van der Waals surface area contributed by atoms with Gasteiger partial charge in [-0.1, -0.05) is 26.0 Å². The molecule has 0 aliphatic heterocycles. The topological polar surface area (TPSA) is 102 Å². The molecule has 0 atom stereocenters. The number of benzene rings is 1. The number of nitrogens with one attached hydrogen (secondary N) is 2. The smallest absolute Gasteiger partial charge is 0.406 e. The first kappa shape index (κ1) is 22.0. The fraction of sp³-hybridized carbons (Fsp3) is 0.316. The van der Waals surface area contributed by atoms with E-state index in [1.54, 1.807) is 0 Å². The predicted octanol–water partition coefficient (Wildman–Crippen LogP) is 3.29. The van der Waals surface area contributed by atoms with Gasteiger partial charge in [-0.05, 0) is 29.7 Å². The summed E-state index contributed by atoms with van der Waals surface area (Å²) in [7, 11) is 0. The minimum atomic E-state index is -4.75. The summed E-state index contributed by atoms with van der Waals surface area (Å²) < 4.78 is 40.4. The number of aliphatic imine (C=N–C) groups is 1. The summed E-state index contributed by atoms with van der Waals surface area (Å²) in [5.41, 5.74) is 7.14. The lowest BCUT2D eigenvalue weighted by atomic mass is 10.2. The monoisotopic (exact) mass is 409 g/mol. The molecule has 1 aromatic heterocycles. The van der Waals surface area contributed by atoms with Crippen LogP contribution in [0, 0.1) is 5.92 Å². The van der Waals surface area contributed by atoms with Crippen LogP contribution >= 0.6 is 0 Å². The van der Waals surface area contributed by atoms with Gasteiger partial charge in [-0.2, -0.15) is 0 Å². The molecular weight excluding hydrogens is 387 g/mol. The van der Waals surface area contributed by atoms with E-state index in [-0.39, 0.29) is 18.3 Å².